The van der Waals surface area contributed by atoms with E-state index in [9.17, 15) is 14.0 Å². The molecule has 0 heterocycles. The first-order valence-electron chi connectivity index (χ1n) is 5.21. The van der Waals surface area contributed by atoms with Gasteiger partial charge in [0.2, 0.25) is 0 Å². The molecular weight excluding hydrogens is 225 g/mol. The minimum absolute atomic E-state index is 0.0873. The van der Waals surface area contributed by atoms with Gasteiger partial charge in [-0.25, -0.2) is 9.18 Å². The molecule has 17 heavy (non-hydrogen) atoms. The smallest absolute Gasteiger partial charge is 0.406 e. The van der Waals surface area contributed by atoms with Gasteiger partial charge in [-0.2, -0.15) is 0 Å². The number of carbonyl (C=O) groups is 2. The molecule has 0 saturated carbocycles. The van der Waals surface area contributed by atoms with Crippen molar-refractivity contribution < 1.29 is 18.7 Å². The molecule has 1 N–H and O–H groups in total. The van der Waals surface area contributed by atoms with Crippen molar-refractivity contribution >= 4 is 12.4 Å². The number of halogens is 1. The van der Waals surface area contributed by atoms with Gasteiger partial charge in [-0.1, -0.05) is 12.1 Å². The van der Waals surface area contributed by atoms with Crippen LogP contribution in [0.5, 0.6) is 0 Å². The van der Waals surface area contributed by atoms with Crippen LogP contribution >= 0.6 is 0 Å². The van der Waals surface area contributed by atoms with Gasteiger partial charge < -0.3 is 14.8 Å². The molecule has 0 fully saturated rings. The third kappa shape index (κ3) is 4.22. The van der Waals surface area contributed by atoms with Crippen LogP contribution in [0.1, 0.15) is 17.9 Å². The van der Waals surface area contributed by atoms with E-state index in [1.165, 1.54) is 19.2 Å². The summed E-state index contributed by atoms with van der Waals surface area (Å²) in [4.78, 5) is 21.5. The number of ether oxygens (including phenoxy) is 1. The van der Waals surface area contributed by atoms with Crippen molar-refractivity contribution in [1.82, 2.24) is 5.32 Å². The molecule has 0 aliphatic rings. The molecule has 1 aromatic carbocycles. The standard InChI is InChI=1S/C12H14FNO3/c1-14-12(16)17-8-10(6-7-15)9-2-4-11(13)5-3-9/h2-5,7,10H,6,8H2,1H3,(H,14,16)/t10-/m1/s1. The molecule has 4 nitrogen and oxygen atoms in total. The maximum Gasteiger partial charge on any atom is 0.406 e. The zero-order valence-electron chi connectivity index (χ0n) is 9.48. The average Bonchev–Trinajstić information content (AvgIpc) is 2.35. The predicted molar refractivity (Wildman–Crippen MR) is 60.2 cm³/mol. The van der Waals surface area contributed by atoms with Gasteiger partial charge >= 0.3 is 6.09 Å². The van der Waals surface area contributed by atoms with Crippen LogP contribution in [0.4, 0.5) is 9.18 Å². The van der Waals surface area contributed by atoms with E-state index in [2.05, 4.69) is 5.32 Å². The molecule has 0 spiro atoms. The Kier molecular flexibility index (Phi) is 5.13. The van der Waals surface area contributed by atoms with E-state index in [-0.39, 0.29) is 24.8 Å². The maximum absolute atomic E-state index is 12.7. The molecular formula is C12H14FNO3. The molecule has 0 unspecified atom stereocenters. The van der Waals surface area contributed by atoms with Gasteiger partial charge in [-0.05, 0) is 17.7 Å². The van der Waals surface area contributed by atoms with Gasteiger partial charge in [-0.15, -0.1) is 0 Å². The molecule has 0 aromatic heterocycles. The number of rotatable bonds is 5. The fraction of sp³-hybridized carbons (Fsp3) is 0.333. The zero-order chi connectivity index (χ0) is 12.7. The highest BCUT2D eigenvalue weighted by atomic mass is 19.1. The van der Waals surface area contributed by atoms with Crippen molar-refractivity contribution in [2.24, 2.45) is 0 Å². The van der Waals surface area contributed by atoms with Gasteiger partial charge in [0.1, 0.15) is 18.7 Å². The minimum atomic E-state index is -0.553. The quantitative estimate of drug-likeness (QED) is 0.798. The first-order valence-corrected chi connectivity index (χ1v) is 5.21. The molecule has 5 heteroatoms. The summed E-state index contributed by atoms with van der Waals surface area (Å²) in [5, 5.41) is 2.31. The predicted octanol–water partition coefficient (Wildman–Crippen LogP) is 1.85. The summed E-state index contributed by atoms with van der Waals surface area (Å²) in [7, 11) is 1.45. The summed E-state index contributed by atoms with van der Waals surface area (Å²) >= 11 is 0. The number of benzene rings is 1. The Balaban J connectivity index is 2.67. The summed E-state index contributed by atoms with van der Waals surface area (Å²) in [6, 6.07) is 5.79. The number of hydrogen-bond donors (Lipinski definition) is 1. The number of carbonyl (C=O) groups excluding carboxylic acids is 2. The topological polar surface area (TPSA) is 55.4 Å². The monoisotopic (exact) mass is 239 g/mol. The van der Waals surface area contributed by atoms with Crippen LogP contribution in [-0.2, 0) is 9.53 Å². The van der Waals surface area contributed by atoms with Crippen molar-refractivity contribution in [3.63, 3.8) is 0 Å². The van der Waals surface area contributed by atoms with Crippen LogP contribution in [0.25, 0.3) is 0 Å². The molecule has 0 bridgehead atoms. The zero-order valence-corrected chi connectivity index (χ0v) is 9.48. The highest BCUT2D eigenvalue weighted by Crippen LogP contribution is 2.19. The lowest BCUT2D eigenvalue weighted by atomic mass is 9.97. The summed E-state index contributed by atoms with van der Waals surface area (Å²) in [5.41, 5.74) is 0.766. The first-order chi connectivity index (χ1) is 8.17. The molecule has 0 aliphatic carbocycles. The lowest BCUT2D eigenvalue weighted by Gasteiger charge is -2.14. The average molecular weight is 239 g/mol. The van der Waals surface area contributed by atoms with E-state index in [0.717, 1.165) is 11.8 Å². The highest BCUT2D eigenvalue weighted by molar-refractivity contribution is 5.66. The Bertz CT molecular complexity index is 378. The number of amides is 1. The molecule has 1 amide bonds. The Morgan fingerprint density at radius 1 is 1.47 bits per heavy atom. The molecule has 0 saturated heterocycles. The van der Waals surface area contributed by atoms with E-state index in [1.807, 2.05) is 0 Å². The summed E-state index contributed by atoms with van der Waals surface area (Å²) in [6.45, 7) is 0.0873. The molecule has 1 rings (SSSR count). The number of nitrogens with one attached hydrogen (secondary N) is 1. The lowest BCUT2D eigenvalue weighted by molar-refractivity contribution is -0.108. The van der Waals surface area contributed by atoms with Crippen LogP contribution in [0.15, 0.2) is 24.3 Å². The minimum Gasteiger partial charge on any atom is -0.449 e. The highest BCUT2D eigenvalue weighted by Gasteiger charge is 2.13. The van der Waals surface area contributed by atoms with Gasteiger partial charge in [0.15, 0.2) is 0 Å². The fourth-order valence-corrected chi connectivity index (χ4v) is 1.40. The van der Waals surface area contributed by atoms with Crippen LogP contribution in [-0.4, -0.2) is 26.0 Å². The van der Waals surface area contributed by atoms with Crippen molar-refractivity contribution in [1.29, 1.82) is 0 Å². The third-order valence-electron chi connectivity index (χ3n) is 2.34. The molecule has 92 valence electrons. The van der Waals surface area contributed by atoms with E-state index >= 15 is 0 Å². The molecule has 1 aromatic rings. The van der Waals surface area contributed by atoms with Gasteiger partial charge in [0, 0.05) is 19.4 Å². The van der Waals surface area contributed by atoms with E-state index in [0.29, 0.717) is 0 Å². The Morgan fingerprint density at radius 3 is 2.65 bits per heavy atom. The molecule has 0 aliphatic heterocycles. The van der Waals surface area contributed by atoms with E-state index in [4.69, 9.17) is 4.74 Å². The Hall–Kier alpha value is -1.91. The Labute approximate surface area is 98.8 Å². The lowest BCUT2D eigenvalue weighted by Crippen LogP contribution is -2.22. The maximum atomic E-state index is 12.7. The van der Waals surface area contributed by atoms with Crippen LogP contribution in [0, 0.1) is 5.82 Å². The first kappa shape index (κ1) is 13.2. The normalized spacial score (nSPS) is 11.6. The third-order valence-corrected chi connectivity index (χ3v) is 2.34. The van der Waals surface area contributed by atoms with Crippen molar-refractivity contribution in [2.45, 2.75) is 12.3 Å². The molecule has 0 radical (unpaired) electrons. The largest absolute Gasteiger partial charge is 0.449 e. The number of alkyl carbamates (subject to hydrolysis) is 1. The van der Waals surface area contributed by atoms with E-state index in [1.54, 1.807) is 12.1 Å². The second-order valence-corrected chi connectivity index (χ2v) is 3.50. The number of aldehydes is 1. The Morgan fingerprint density at radius 2 is 2.12 bits per heavy atom. The van der Waals surface area contributed by atoms with Gasteiger partial charge in [0.25, 0.3) is 0 Å². The second-order valence-electron chi connectivity index (χ2n) is 3.50. The van der Waals surface area contributed by atoms with Crippen LogP contribution in [0.2, 0.25) is 0 Å². The fourth-order valence-electron chi connectivity index (χ4n) is 1.40. The van der Waals surface area contributed by atoms with Crippen LogP contribution < -0.4 is 5.32 Å². The van der Waals surface area contributed by atoms with Crippen molar-refractivity contribution in [3.8, 4) is 0 Å². The number of hydrogen-bond acceptors (Lipinski definition) is 3. The van der Waals surface area contributed by atoms with Crippen LogP contribution in [0.3, 0.4) is 0 Å². The summed E-state index contributed by atoms with van der Waals surface area (Å²) in [6.07, 6.45) is 0.423. The van der Waals surface area contributed by atoms with E-state index < -0.39 is 6.09 Å². The summed E-state index contributed by atoms with van der Waals surface area (Å²) < 4.78 is 17.6. The summed E-state index contributed by atoms with van der Waals surface area (Å²) in [5.74, 6) is -0.587. The van der Waals surface area contributed by atoms with Crippen molar-refractivity contribution in [2.75, 3.05) is 13.7 Å². The molecule has 1 atom stereocenters. The SMILES string of the molecule is CNC(=O)OC[C@@H](CC=O)c1ccc(F)cc1. The van der Waals surface area contributed by atoms with Crippen molar-refractivity contribution in [3.05, 3.63) is 35.6 Å². The van der Waals surface area contributed by atoms with Gasteiger partial charge in [-0.3, -0.25) is 0 Å². The second kappa shape index (κ2) is 6.62. The van der Waals surface area contributed by atoms with Gasteiger partial charge in [0.05, 0.1) is 0 Å².